The number of nitrogens with zero attached hydrogens (tertiary/aromatic N) is 3. The molecule has 2 aromatic rings. The van der Waals surface area contributed by atoms with E-state index in [2.05, 4.69) is 38.7 Å². The summed E-state index contributed by atoms with van der Waals surface area (Å²) in [6, 6.07) is 8.23. The van der Waals surface area contributed by atoms with E-state index < -0.39 is 0 Å². The van der Waals surface area contributed by atoms with Crippen molar-refractivity contribution in [3.05, 3.63) is 34.9 Å². The van der Waals surface area contributed by atoms with Gasteiger partial charge in [0.15, 0.2) is 0 Å². The van der Waals surface area contributed by atoms with E-state index in [9.17, 15) is 9.59 Å². The Labute approximate surface area is 144 Å². The van der Waals surface area contributed by atoms with Gasteiger partial charge in [-0.2, -0.15) is 0 Å². The minimum Gasteiger partial charge on any atom is -0.347 e. The van der Waals surface area contributed by atoms with Gasteiger partial charge in [0.05, 0.1) is 0 Å². The number of rotatable bonds is 3. The summed E-state index contributed by atoms with van der Waals surface area (Å²) in [5.74, 6) is 0.242. The highest BCUT2D eigenvalue weighted by Gasteiger charge is 2.22. The normalized spacial score (nSPS) is 15.2. The van der Waals surface area contributed by atoms with E-state index in [4.69, 9.17) is 0 Å². The van der Waals surface area contributed by atoms with E-state index in [0.29, 0.717) is 39.1 Å². The first-order valence-corrected chi connectivity index (χ1v) is 8.61. The summed E-state index contributed by atoms with van der Waals surface area (Å²) in [6.07, 6.45) is 2.51. The van der Waals surface area contributed by atoms with E-state index in [1.165, 1.54) is 5.39 Å². The average molecular weight is 378 g/mol. The first-order valence-electron chi connectivity index (χ1n) is 7.82. The Morgan fingerprint density at radius 1 is 1.09 bits per heavy atom. The first kappa shape index (κ1) is 16.1. The summed E-state index contributed by atoms with van der Waals surface area (Å²) in [7, 11) is 0. The summed E-state index contributed by atoms with van der Waals surface area (Å²) in [5.41, 5.74) is 1.13. The van der Waals surface area contributed by atoms with Gasteiger partial charge in [0, 0.05) is 62.3 Å². The van der Waals surface area contributed by atoms with Crippen LogP contribution in [0, 0.1) is 0 Å². The molecular formula is C17H20BrN3O2. The van der Waals surface area contributed by atoms with Crippen LogP contribution < -0.4 is 0 Å². The maximum atomic E-state index is 12.4. The Morgan fingerprint density at radius 2 is 1.78 bits per heavy atom. The molecule has 1 aliphatic heterocycles. The van der Waals surface area contributed by atoms with Crippen LogP contribution in [0.5, 0.6) is 0 Å². The highest BCUT2D eigenvalue weighted by Crippen LogP contribution is 2.21. The summed E-state index contributed by atoms with van der Waals surface area (Å²) >= 11 is 3.49. The van der Waals surface area contributed by atoms with Crippen LogP contribution in [0.2, 0.25) is 0 Å². The molecule has 0 aliphatic carbocycles. The van der Waals surface area contributed by atoms with Crippen molar-refractivity contribution >= 4 is 38.6 Å². The molecule has 0 atom stereocenters. The number of hydrogen-bond acceptors (Lipinski definition) is 2. The Balaban J connectivity index is 1.58. The van der Waals surface area contributed by atoms with Gasteiger partial charge >= 0.3 is 0 Å². The number of carbonyl (C=O) groups excluding carboxylic acids is 2. The molecule has 0 spiro atoms. The number of aromatic nitrogens is 1. The number of hydrogen-bond donors (Lipinski definition) is 0. The van der Waals surface area contributed by atoms with E-state index in [0.717, 1.165) is 9.99 Å². The van der Waals surface area contributed by atoms with E-state index in [-0.39, 0.29) is 11.8 Å². The predicted molar refractivity (Wildman–Crippen MR) is 93.1 cm³/mol. The maximum Gasteiger partial charge on any atom is 0.224 e. The van der Waals surface area contributed by atoms with Crippen LogP contribution in [0.3, 0.4) is 0 Å². The Morgan fingerprint density at radius 3 is 2.48 bits per heavy atom. The molecule has 23 heavy (non-hydrogen) atoms. The van der Waals surface area contributed by atoms with Crippen LogP contribution >= 0.6 is 15.9 Å². The van der Waals surface area contributed by atoms with E-state index >= 15 is 0 Å². The molecular weight excluding hydrogens is 358 g/mol. The lowest BCUT2D eigenvalue weighted by Gasteiger charge is -2.34. The fraction of sp³-hybridized carbons (Fsp3) is 0.412. The molecule has 6 heteroatoms. The lowest BCUT2D eigenvalue weighted by atomic mass is 10.2. The summed E-state index contributed by atoms with van der Waals surface area (Å²) in [5, 5.41) is 1.18. The van der Waals surface area contributed by atoms with Gasteiger partial charge in [0.1, 0.15) is 0 Å². The second-order valence-corrected chi connectivity index (χ2v) is 6.76. The molecule has 1 aliphatic rings. The smallest absolute Gasteiger partial charge is 0.224 e. The molecule has 5 nitrogen and oxygen atoms in total. The Kier molecular flexibility index (Phi) is 4.71. The lowest BCUT2D eigenvalue weighted by Crippen LogP contribution is -2.50. The maximum absolute atomic E-state index is 12.4. The topological polar surface area (TPSA) is 45.6 Å². The largest absolute Gasteiger partial charge is 0.347 e. The van der Waals surface area contributed by atoms with Crippen molar-refractivity contribution in [2.75, 3.05) is 26.2 Å². The average Bonchev–Trinajstić information content (AvgIpc) is 2.95. The van der Waals surface area contributed by atoms with Crippen LogP contribution in [0.1, 0.15) is 13.3 Å². The second kappa shape index (κ2) is 6.74. The number of halogens is 1. The molecule has 0 saturated carbocycles. The molecule has 122 valence electrons. The molecule has 3 rings (SSSR count). The molecule has 0 bridgehead atoms. The molecule has 1 saturated heterocycles. The SMILES string of the molecule is CC(=O)N1CCN(C(=O)CCn2ccc3ccc(Br)cc32)CC1. The van der Waals surface area contributed by atoms with Gasteiger partial charge in [-0.25, -0.2) is 0 Å². The van der Waals surface area contributed by atoms with Crippen molar-refractivity contribution in [2.45, 2.75) is 19.9 Å². The lowest BCUT2D eigenvalue weighted by molar-refractivity contribution is -0.138. The first-order chi connectivity index (χ1) is 11.0. The predicted octanol–water partition coefficient (Wildman–Crippen LogP) is 2.48. The van der Waals surface area contributed by atoms with Gasteiger partial charge in [0.2, 0.25) is 11.8 Å². The van der Waals surface area contributed by atoms with Crippen molar-refractivity contribution in [3.8, 4) is 0 Å². The number of aryl methyl sites for hydroxylation is 1. The second-order valence-electron chi connectivity index (χ2n) is 5.85. The van der Waals surface area contributed by atoms with Crippen molar-refractivity contribution in [3.63, 3.8) is 0 Å². The number of benzene rings is 1. The summed E-state index contributed by atoms with van der Waals surface area (Å²) in [4.78, 5) is 27.4. The van der Waals surface area contributed by atoms with Crippen LogP contribution in [0.4, 0.5) is 0 Å². The van der Waals surface area contributed by atoms with Crippen molar-refractivity contribution in [1.82, 2.24) is 14.4 Å². The van der Waals surface area contributed by atoms with Gasteiger partial charge in [-0.1, -0.05) is 22.0 Å². The summed E-state index contributed by atoms with van der Waals surface area (Å²) < 4.78 is 3.15. The third-order valence-corrected chi connectivity index (χ3v) is 4.87. The van der Waals surface area contributed by atoms with Crippen molar-refractivity contribution < 1.29 is 9.59 Å². The van der Waals surface area contributed by atoms with Gasteiger partial charge < -0.3 is 14.4 Å². The molecule has 1 aromatic heterocycles. The van der Waals surface area contributed by atoms with Crippen LogP contribution in [-0.4, -0.2) is 52.4 Å². The van der Waals surface area contributed by atoms with Crippen molar-refractivity contribution in [1.29, 1.82) is 0 Å². The zero-order valence-electron chi connectivity index (χ0n) is 13.2. The van der Waals surface area contributed by atoms with Gasteiger partial charge in [-0.15, -0.1) is 0 Å². The standard InChI is InChI=1S/C17H20BrN3O2/c1-13(22)19-8-10-21(11-9-19)17(23)5-7-20-6-4-14-2-3-15(18)12-16(14)20/h2-4,6,12H,5,7-11H2,1H3. The highest BCUT2D eigenvalue weighted by molar-refractivity contribution is 9.10. The van der Waals surface area contributed by atoms with Crippen LogP contribution in [-0.2, 0) is 16.1 Å². The molecule has 0 unspecified atom stereocenters. The molecule has 1 aromatic carbocycles. The van der Waals surface area contributed by atoms with E-state index in [1.807, 2.05) is 17.2 Å². The molecule has 1 fully saturated rings. The quantitative estimate of drug-likeness (QED) is 0.824. The zero-order chi connectivity index (χ0) is 16.4. The summed E-state index contributed by atoms with van der Waals surface area (Å²) in [6.45, 7) is 4.80. The third-order valence-electron chi connectivity index (χ3n) is 4.38. The van der Waals surface area contributed by atoms with Crippen molar-refractivity contribution in [2.24, 2.45) is 0 Å². The number of fused-ring (bicyclic) bond motifs is 1. The zero-order valence-corrected chi connectivity index (χ0v) is 14.8. The Hall–Kier alpha value is -1.82. The van der Waals surface area contributed by atoms with Gasteiger partial charge in [0.25, 0.3) is 0 Å². The molecule has 0 radical (unpaired) electrons. The van der Waals surface area contributed by atoms with E-state index in [1.54, 1.807) is 11.8 Å². The highest BCUT2D eigenvalue weighted by atomic mass is 79.9. The molecule has 2 amide bonds. The van der Waals surface area contributed by atoms with Gasteiger partial charge in [-0.3, -0.25) is 9.59 Å². The Bertz CT molecular complexity index is 733. The monoisotopic (exact) mass is 377 g/mol. The van der Waals surface area contributed by atoms with Crippen LogP contribution in [0.15, 0.2) is 34.9 Å². The fourth-order valence-corrected chi connectivity index (χ4v) is 3.35. The fourth-order valence-electron chi connectivity index (χ4n) is 3.00. The number of amides is 2. The number of carbonyl (C=O) groups is 2. The molecule has 0 N–H and O–H groups in total. The molecule has 2 heterocycles. The minimum atomic E-state index is 0.0847. The van der Waals surface area contributed by atoms with Gasteiger partial charge in [-0.05, 0) is 23.6 Å². The third kappa shape index (κ3) is 3.58. The number of piperazine rings is 1. The van der Waals surface area contributed by atoms with Crippen LogP contribution in [0.25, 0.3) is 10.9 Å². The minimum absolute atomic E-state index is 0.0847.